The van der Waals surface area contributed by atoms with Gasteiger partial charge in [-0.15, -0.1) is 10.2 Å². The van der Waals surface area contributed by atoms with Gasteiger partial charge in [0.05, 0.1) is 11.5 Å². The highest BCUT2D eigenvalue weighted by Gasteiger charge is 2.22. The third-order valence-corrected chi connectivity index (χ3v) is 5.80. The molecule has 0 bridgehead atoms. The summed E-state index contributed by atoms with van der Waals surface area (Å²) >= 11 is 1.50. The van der Waals surface area contributed by atoms with E-state index in [1.54, 1.807) is 6.07 Å². The molecular formula is C21H22N4O4S. The van der Waals surface area contributed by atoms with Crippen LogP contribution in [0.4, 0.5) is 5.69 Å². The maximum atomic E-state index is 11.3. The number of ether oxygens (including phenoxy) is 2. The van der Waals surface area contributed by atoms with Crippen molar-refractivity contribution in [1.29, 1.82) is 0 Å². The average molecular weight is 426 g/mol. The van der Waals surface area contributed by atoms with Crippen LogP contribution in [-0.2, 0) is 23.6 Å². The fraction of sp³-hybridized carbons (Fsp3) is 0.333. The van der Waals surface area contributed by atoms with Crippen molar-refractivity contribution in [2.75, 3.05) is 6.79 Å². The molecular weight excluding hydrogens is 404 g/mol. The number of rotatable bonds is 7. The summed E-state index contributed by atoms with van der Waals surface area (Å²) in [5.41, 5.74) is 3.68. The van der Waals surface area contributed by atoms with Crippen LogP contribution in [0.15, 0.2) is 41.6 Å². The lowest BCUT2D eigenvalue weighted by molar-refractivity contribution is -0.385. The molecule has 2 heterocycles. The van der Waals surface area contributed by atoms with Crippen molar-refractivity contribution >= 4 is 17.4 Å². The maximum absolute atomic E-state index is 11.3. The SMILES string of the molecule is CCCn1c(SCc2cc([N+](=O)[O-])cc3c2OCOC3)nnc1-c1cccc(C)c1. The number of benzene rings is 2. The van der Waals surface area contributed by atoms with Crippen LogP contribution in [0.3, 0.4) is 0 Å². The first kappa shape index (κ1) is 20.4. The molecule has 0 fully saturated rings. The molecule has 0 radical (unpaired) electrons. The van der Waals surface area contributed by atoms with E-state index in [9.17, 15) is 10.1 Å². The topological polar surface area (TPSA) is 92.3 Å². The molecule has 0 spiro atoms. The van der Waals surface area contributed by atoms with E-state index in [2.05, 4.69) is 40.7 Å². The Balaban J connectivity index is 1.64. The zero-order chi connectivity index (χ0) is 21.1. The number of hydrogen-bond donors (Lipinski definition) is 0. The molecule has 0 saturated carbocycles. The second kappa shape index (κ2) is 8.85. The quantitative estimate of drug-likeness (QED) is 0.306. The van der Waals surface area contributed by atoms with Gasteiger partial charge >= 0.3 is 0 Å². The number of nitrogens with zero attached hydrogens (tertiary/aromatic N) is 4. The molecule has 4 rings (SSSR count). The van der Waals surface area contributed by atoms with Crippen molar-refractivity contribution in [3.8, 4) is 17.1 Å². The monoisotopic (exact) mass is 426 g/mol. The number of aromatic nitrogens is 3. The fourth-order valence-electron chi connectivity index (χ4n) is 3.45. The summed E-state index contributed by atoms with van der Waals surface area (Å²) in [6.07, 6.45) is 0.942. The summed E-state index contributed by atoms with van der Waals surface area (Å²) in [6, 6.07) is 11.3. The molecule has 2 aromatic carbocycles. The summed E-state index contributed by atoms with van der Waals surface area (Å²) in [5.74, 6) is 1.98. The van der Waals surface area contributed by atoms with Gasteiger partial charge in [0.2, 0.25) is 0 Å². The Labute approximate surface area is 178 Å². The van der Waals surface area contributed by atoms with Gasteiger partial charge in [0.15, 0.2) is 17.8 Å². The molecule has 0 saturated heterocycles. The van der Waals surface area contributed by atoms with Gasteiger partial charge in [-0.3, -0.25) is 10.1 Å². The van der Waals surface area contributed by atoms with Gasteiger partial charge in [-0.1, -0.05) is 42.4 Å². The van der Waals surface area contributed by atoms with Crippen molar-refractivity contribution in [1.82, 2.24) is 14.8 Å². The average Bonchev–Trinajstić information content (AvgIpc) is 3.14. The molecule has 9 heteroatoms. The standard InChI is InChI=1S/C21H22N4O4S/c1-3-7-24-20(15-6-4-5-14(2)8-15)22-23-21(24)30-12-17-10-18(25(26)27)9-16-11-28-13-29-19(16)17/h4-6,8-10H,3,7,11-13H2,1-2H3. The van der Waals surface area contributed by atoms with Crippen LogP contribution in [-0.4, -0.2) is 26.5 Å². The summed E-state index contributed by atoms with van der Waals surface area (Å²) in [5, 5.41) is 20.9. The van der Waals surface area contributed by atoms with Gasteiger partial charge in [-0.25, -0.2) is 0 Å². The zero-order valence-electron chi connectivity index (χ0n) is 16.8. The third-order valence-electron chi connectivity index (χ3n) is 4.78. The number of aryl methyl sites for hydroxylation is 1. The fourth-order valence-corrected chi connectivity index (χ4v) is 4.39. The van der Waals surface area contributed by atoms with Crippen molar-refractivity contribution in [2.24, 2.45) is 0 Å². The molecule has 1 aliphatic rings. The van der Waals surface area contributed by atoms with E-state index in [0.717, 1.165) is 40.6 Å². The predicted octanol–water partition coefficient (Wildman–Crippen LogP) is 4.73. The minimum atomic E-state index is -0.390. The van der Waals surface area contributed by atoms with Gasteiger partial charge < -0.3 is 14.0 Å². The highest BCUT2D eigenvalue weighted by molar-refractivity contribution is 7.98. The summed E-state index contributed by atoms with van der Waals surface area (Å²) in [7, 11) is 0. The summed E-state index contributed by atoms with van der Waals surface area (Å²) in [6.45, 7) is 5.40. The van der Waals surface area contributed by atoms with Crippen LogP contribution < -0.4 is 4.74 Å². The van der Waals surface area contributed by atoms with Crippen molar-refractivity contribution < 1.29 is 14.4 Å². The largest absolute Gasteiger partial charge is 0.467 e. The first-order chi connectivity index (χ1) is 14.6. The molecule has 3 aromatic rings. The third kappa shape index (κ3) is 4.17. The van der Waals surface area contributed by atoms with E-state index in [4.69, 9.17) is 9.47 Å². The second-order valence-corrected chi connectivity index (χ2v) is 8.02. The Kier molecular flexibility index (Phi) is 6.01. The summed E-state index contributed by atoms with van der Waals surface area (Å²) < 4.78 is 13.0. The zero-order valence-corrected chi connectivity index (χ0v) is 17.6. The smallest absolute Gasteiger partial charge is 0.270 e. The van der Waals surface area contributed by atoms with Crippen LogP contribution in [0.2, 0.25) is 0 Å². The van der Waals surface area contributed by atoms with E-state index < -0.39 is 4.92 Å². The van der Waals surface area contributed by atoms with Gasteiger partial charge in [-0.05, 0) is 19.4 Å². The predicted molar refractivity (Wildman–Crippen MR) is 113 cm³/mol. The molecule has 0 N–H and O–H groups in total. The Hall–Kier alpha value is -2.91. The lowest BCUT2D eigenvalue weighted by Gasteiger charge is -2.20. The van der Waals surface area contributed by atoms with Crippen molar-refractivity contribution in [2.45, 2.75) is 44.3 Å². The number of hydrogen-bond acceptors (Lipinski definition) is 7. The van der Waals surface area contributed by atoms with Crippen molar-refractivity contribution in [3.63, 3.8) is 0 Å². The summed E-state index contributed by atoms with van der Waals surface area (Å²) in [4.78, 5) is 10.9. The highest BCUT2D eigenvalue weighted by Crippen LogP contribution is 2.36. The van der Waals surface area contributed by atoms with Crippen LogP contribution in [0, 0.1) is 17.0 Å². The van der Waals surface area contributed by atoms with Crippen LogP contribution in [0.1, 0.15) is 30.0 Å². The maximum Gasteiger partial charge on any atom is 0.270 e. The molecule has 8 nitrogen and oxygen atoms in total. The Morgan fingerprint density at radius 3 is 2.90 bits per heavy atom. The highest BCUT2D eigenvalue weighted by atomic mass is 32.2. The van der Waals surface area contributed by atoms with Crippen LogP contribution >= 0.6 is 11.8 Å². The van der Waals surface area contributed by atoms with Crippen LogP contribution in [0.5, 0.6) is 5.75 Å². The van der Waals surface area contributed by atoms with Gasteiger partial charge in [0.1, 0.15) is 5.75 Å². The molecule has 0 atom stereocenters. The van der Waals surface area contributed by atoms with E-state index in [-0.39, 0.29) is 12.5 Å². The Bertz CT molecular complexity index is 1080. The molecule has 0 aliphatic carbocycles. The lowest BCUT2D eigenvalue weighted by Crippen LogP contribution is -2.13. The van der Waals surface area contributed by atoms with Gasteiger partial charge in [0, 0.05) is 41.1 Å². The Morgan fingerprint density at radius 1 is 1.27 bits per heavy atom. The number of nitro groups is 1. The normalized spacial score (nSPS) is 13.0. The Morgan fingerprint density at radius 2 is 2.13 bits per heavy atom. The van der Waals surface area contributed by atoms with E-state index >= 15 is 0 Å². The molecule has 1 aromatic heterocycles. The molecule has 0 unspecified atom stereocenters. The molecule has 0 amide bonds. The lowest BCUT2D eigenvalue weighted by atomic mass is 10.1. The second-order valence-electron chi connectivity index (χ2n) is 7.08. The van der Waals surface area contributed by atoms with Crippen LogP contribution in [0.25, 0.3) is 11.4 Å². The van der Waals surface area contributed by atoms with Gasteiger partial charge in [-0.2, -0.15) is 0 Å². The minimum Gasteiger partial charge on any atom is -0.467 e. The van der Waals surface area contributed by atoms with Gasteiger partial charge in [0.25, 0.3) is 5.69 Å². The molecule has 1 aliphatic heterocycles. The number of nitro benzene ring substituents is 1. The first-order valence-electron chi connectivity index (χ1n) is 9.70. The molecule has 30 heavy (non-hydrogen) atoms. The minimum absolute atomic E-state index is 0.0360. The van der Waals surface area contributed by atoms with Crippen molar-refractivity contribution in [3.05, 3.63) is 63.2 Å². The van der Waals surface area contributed by atoms with E-state index in [0.29, 0.717) is 23.7 Å². The number of thioether (sulfide) groups is 1. The van der Waals surface area contributed by atoms with E-state index in [1.807, 2.05) is 12.1 Å². The molecule has 156 valence electrons. The number of fused-ring (bicyclic) bond motifs is 1. The first-order valence-corrected chi connectivity index (χ1v) is 10.7. The van der Waals surface area contributed by atoms with E-state index in [1.165, 1.54) is 17.8 Å². The number of non-ortho nitro benzene ring substituents is 1.